The standard InChI is InChI=1S/C10H14N2O3/c1-7-9(8(2)13)15-10(11-7)12-3-5-14-6-4-12/h3-6H2,1-2H3. The van der Waals surface area contributed by atoms with E-state index in [1.807, 2.05) is 4.90 Å². The second kappa shape index (κ2) is 4.02. The maximum Gasteiger partial charge on any atom is 0.298 e. The third-order valence-electron chi connectivity index (χ3n) is 2.39. The molecule has 0 aliphatic carbocycles. The van der Waals surface area contributed by atoms with Crippen molar-refractivity contribution >= 4 is 11.8 Å². The molecule has 1 saturated heterocycles. The van der Waals surface area contributed by atoms with Crippen molar-refractivity contribution in [3.8, 4) is 0 Å². The molecule has 2 rings (SSSR count). The minimum Gasteiger partial charge on any atom is -0.420 e. The molecule has 0 saturated carbocycles. The van der Waals surface area contributed by atoms with E-state index in [-0.39, 0.29) is 5.78 Å². The molecule has 1 aliphatic rings. The van der Waals surface area contributed by atoms with Crippen molar-refractivity contribution in [2.75, 3.05) is 31.2 Å². The lowest BCUT2D eigenvalue weighted by Gasteiger charge is -2.24. The Bertz CT molecular complexity index is 367. The number of ketones is 1. The van der Waals surface area contributed by atoms with Crippen LogP contribution >= 0.6 is 0 Å². The summed E-state index contributed by atoms with van der Waals surface area (Å²) in [5.41, 5.74) is 0.656. The van der Waals surface area contributed by atoms with Gasteiger partial charge in [-0.05, 0) is 6.92 Å². The monoisotopic (exact) mass is 210 g/mol. The van der Waals surface area contributed by atoms with Crippen LogP contribution in [-0.4, -0.2) is 37.1 Å². The van der Waals surface area contributed by atoms with Crippen LogP contribution in [0.25, 0.3) is 0 Å². The fourth-order valence-corrected chi connectivity index (χ4v) is 1.60. The number of ether oxygens (including phenoxy) is 1. The number of hydrogen-bond acceptors (Lipinski definition) is 5. The Labute approximate surface area is 88.0 Å². The first kappa shape index (κ1) is 10.2. The number of Topliss-reactive ketones (excluding diaryl/α,β-unsaturated/α-hetero) is 1. The number of carbonyl (C=O) groups excluding carboxylic acids is 1. The van der Waals surface area contributed by atoms with Gasteiger partial charge in [0.2, 0.25) is 0 Å². The predicted octanol–water partition coefficient (Wildman–Crippen LogP) is 1.02. The Kier molecular flexibility index (Phi) is 2.73. The summed E-state index contributed by atoms with van der Waals surface area (Å²) in [7, 11) is 0. The summed E-state index contributed by atoms with van der Waals surface area (Å²) in [5, 5.41) is 0. The van der Waals surface area contributed by atoms with Gasteiger partial charge in [-0.15, -0.1) is 0 Å². The molecule has 82 valence electrons. The first-order valence-electron chi connectivity index (χ1n) is 4.99. The van der Waals surface area contributed by atoms with E-state index in [2.05, 4.69) is 4.98 Å². The fraction of sp³-hybridized carbons (Fsp3) is 0.600. The van der Waals surface area contributed by atoms with Crippen LogP contribution in [0.1, 0.15) is 23.2 Å². The summed E-state index contributed by atoms with van der Waals surface area (Å²) in [5.74, 6) is 0.274. The van der Waals surface area contributed by atoms with Crippen LogP contribution in [0.15, 0.2) is 4.42 Å². The second-order valence-electron chi connectivity index (χ2n) is 3.57. The number of morpholine rings is 1. The highest BCUT2D eigenvalue weighted by atomic mass is 16.5. The number of hydrogen-bond donors (Lipinski definition) is 0. The highest BCUT2D eigenvalue weighted by Crippen LogP contribution is 2.19. The topological polar surface area (TPSA) is 55.6 Å². The molecule has 0 amide bonds. The molecule has 5 heteroatoms. The molecule has 2 heterocycles. The number of aromatic nitrogens is 1. The quantitative estimate of drug-likeness (QED) is 0.682. The molecule has 0 unspecified atom stereocenters. The zero-order chi connectivity index (χ0) is 10.8. The minimum absolute atomic E-state index is 0.0838. The molecule has 5 nitrogen and oxygen atoms in total. The first-order valence-corrected chi connectivity index (χ1v) is 4.99. The summed E-state index contributed by atoms with van der Waals surface area (Å²) < 4.78 is 10.7. The molecule has 0 bridgehead atoms. The summed E-state index contributed by atoms with van der Waals surface area (Å²) in [6.07, 6.45) is 0. The third-order valence-corrected chi connectivity index (χ3v) is 2.39. The van der Waals surface area contributed by atoms with Gasteiger partial charge in [-0.1, -0.05) is 0 Å². The number of oxazole rings is 1. The lowest BCUT2D eigenvalue weighted by Crippen LogP contribution is -2.36. The van der Waals surface area contributed by atoms with Crippen LogP contribution in [0.4, 0.5) is 6.01 Å². The Morgan fingerprint density at radius 1 is 1.40 bits per heavy atom. The number of aryl methyl sites for hydroxylation is 1. The zero-order valence-electron chi connectivity index (χ0n) is 8.95. The number of anilines is 1. The lowest BCUT2D eigenvalue weighted by molar-refractivity contribution is 0.0984. The highest BCUT2D eigenvalue weighted by molar-refractivity contribution is 5.92. The van der Waals surface area contributed by atoms with Crippen molar-refractivity contribution in [2.24, 2.45) is 0 Å². The van der Waals surface area contributed by atoms with Crippen molar-refractivity contribution in [2.45, 2.75) is 13.8 Å². The first-order chi connectivity index (χ1) is 7.18. The zero-order valence-corrected chi connectivity index (χ0v) is 8.95. The van der Waals surface area contributed by atoms with E-state index in [9.17, 15) is 4.79 Å². The van der Waals surface area contributed by atoms with Crippen LogP contribution < -0.4 is 4.90 Å². The smallest absolute Gasteiger partial charge is 0.298 e. The van der Waals surface area contributed by atoms with Gasteiger partial charge in [-0.3, -0.25) is 4.79 Å². The van der Waals surface area contributed by atoms with Crippen molar-refractivity contribution in [1.29, 1.82) is 0 Å². The van der Waals surface area contributed by atoms with Gasteiger partial charge >= 0.3 is 0 Å². The molecule has 1 aromatic heterocycles. The molecule has 1 aliphatic heterocycles. The van der Waals surface area contributed by atoms with E-state index >= 15 is 0 Å². The average molecular weight is 210 g/mol. The largest absolute Gasteiger partial charge is 0.420 e. The third kappa shape index (κ3) is 2.02. The van der Waals surface area contributed by atoms with Crippen LogP contribution in [0, 0.1) is 6.92 Å². The predicted molar refractivity (Wildman–Crippen MR) is 54.3 cm³/mol. The molecule has 0 radical (unpaired) electrons. The Balaban J connectivity index is 2.21. The highest BCUT2D eigenvalue weighted by Gasteiger charge is 2.20. The lowest BCUT2D eigenvalue weighted by atomic mass is 10.3. The molecular weight excluding hydrogens is 196 g/mol. The summed E-state index contributed by atoms with van der Waals surface area (Å²) in [6.45, 7) is 6.14. The van der Waals surface area contributed by atoms with Crippen molar-refractivity contribution in [3.05, 3.63) is 11.5 Å². The van der Waals surface area contributed by atoms with E-state index in [1.54, 1.807) is 6.92 Å². The van der Waals surface area contributed by atoms with Gasteiger partial charge in [0.25, 0.3) is 6.01 Å². The van der Waals surface area contributed by atoms with Gasteiger partial charge in [0.1, 0.15) is 0 Å². The normalized spacial score (nSPS) is 16.8. The Morgan fingerprint density at radius 2 is 2.07 bits per heavy atom. The van der Waals surface area contributed by atoms with E-state index in [4.69, 9.17) is 9.15 Å². The molecular formula is C10H14N2O3. The molecule has 0 spiro atoms. The van der Waals surface area contributed by atoms with Crippen LogP contribution in [0.3, 0.4) is 0 Å². The van der Waals surface area contributed by atoms with E-state index < -0.39 is 0 Å². The van der Waals surface area contributed by atoms with E-state index in [0.29, 0.717) is 30.7 Å². The van der Waals surface area contributed by atoms with Crippen LogP contribution in [0.2, 0.25) is 0 Å². The summed E-state index contributed by atoms with van der Waals surface area (Å²) >= 11 is 0. The van der Waals surface area contributed by atoms with Crippen molar-refractivity contribution < 1.29 is 13.9 Å². The molecule has 15 heavy (non-hydrogen) atoms. The van der Waals surface area contributed by atoms with Crippen LogP contribution in [-0.2, 0) is 4.74 Å². The SMILES string of the molecule is CC(=O)c1oc(N2CCOCC2)nc1C. The summed E-state index contributed by atoms with van der Waals surface area (Å²) in [6, 6.07) is 0.529. The number of carbonyl (C=O) groups is 1. The van der Waals surface area contributed by atoms with Gasteiger partial charge in [0.05, 0.1) is 18.9 Å². The van der Waals surface area contributed by atoms with Gasteiger partial charge < -0.3 is 14.1 Å². The molecule has 0 atom stereocenters. The molecule has 1 aromatic rings. The van der Waals surface area contributed by atoms with Crippen molar-refractivity contribution in [3.63, 3.8) is 0 Å². The Hall–Kier alpha value is -1.36. The minimum atomic E-state index is -0.0838. The van der Waals surface area contributed by atoms with Gasteiger partial charge in [0.15, 0.2) is 11.5 Å². The van der Waals surface area contributed by atoms with Gasteiger partial charge in [-0.2, -0.15) is 4.98 Å². The second-order valence-corrected chi connectivity index (χ2v) is 3.57. The fourth-order valence-electron chi connectivity index (χ4n) is 1.60. The van der Waals surface area contributed by atoms with Gasteiger partial charge in [0, 0.05) is 20.0 Å². The van der Waals surface area contributed by atoms with Crippen LogP contribution in [0.5, 0.6) is 0 Å². The average Bonchev–Trinajstić information content (AvgIpc) is 2.62. The van der Waals surface area contributed by atoms with Crippen molar-refractivity contribution in [1.82, 2.24) is 4.98 Å². The van der Waals surface area contributed by atoms with Gasteiger partial charge in [-0.25, -0.2) is 0 Å². The maximum atomic E-state index is 11.2. The number of rotatable bonds is 2. The van der Waals surface area contributed by atoms with E-state index in [1.165, 1.54) is 6.92 Å². The maximum absolute atomic E-state index is 11.2. The summed E-state index contributed by atoms with van der Waals surface area (Å²) in [4.78, 5) is 17.4. The van der Waals surface area contributed by atoms with E-state index in [0.717, 1.165) is 13.1 Å². The molecule has 1 fully saturated rings. The molecule has 0 aromatic carbocycles. The Morgan fingerprint density at radius 3 is 2.60 bits per heavy atom. The molecule has 0 N–H and O–H groups in total. The number of nitrogens with zero attached hydrogens (tertiary/aromatic N) is 2.